The number of benzene rings is 2. The van der Waals surface area contributed by atoms with Gasteiger partial charge in [0, 0.05) is 5.56 Å². The molecule has 1 aliphatic heterocycles. The highest BCUT2D eigenvalue weighted by Gasteiger charge is 2.22. The summed E-state index contributed by atoms with van der Waals surface area (Å²) in [4.78, 5) is 0. The highest BCUT2D eigenvalue weighted by molar-refractivity contribution is 6.00. The fourth-order valence-corrected chi connectivity index (χ4v) is 2.20. The predicted molar refractivity (Wildman–Crippen MR) is 82.3 cm³/mol. The van der Waals surface area contributed by atoms with Gasteiger partial charge in [-0.1, -0.05) is 47.5 Å². The molecule has 0 aromatic heterocycles. The minimum Gasteiger partial charge on any atom is -0.271 e. The van der Waals surface area contributed by atoms with Crippen molar-refractivity contribution in [2.75, 3.05) is 11.7 Å². The fourth-order valence-electron chi connectivity index (χ4n) is 2.20. The number of amidine groups is 1. The van der Waals surface area contributed by atoms with E-state index in [1.165, 1.54) is 11.1 Å². The second kappa shape index (κ2) is 4.98. The second-order valence-electron chi connectivity index (χ2n) is 5.14. The Morgan fingerprint density at radius 3 is 2.05 bits per heavy atom. The molecule has 2 aromatic rings. The fraction of sp³-hybridized carbons (Fsp3) is 0.188. The van der Waals surface area contributed by atoms with Crippen LogP contribution in [0.5, 0.6) is 0 Å². The third kappa shape index (κ3) is 2.38. The number of aryl methyl sites for hydroxylation is 2. The molecule has 0 saturated heterocycles. The van der Waals surface area contributed by atoms with Crippen molar-refractivity contribution in [1.82, 2.24) is 5.01 Å². The Labute approximate surface area is 119 Å². The molecule has 0 saturated carbocycles. The van der Waals surface area contributed by atoms with Crippen LogP contribution in [0.15, 0.2) is 53.6 Å². The molecule has 0 amide bonds. The lowest BCUT2D eigenvalue weighted by atomic mass is 10.1. The summed E-state index contributed by atoms with van der Waals surface area (Å²) >= 11 is 0. The molecule has 20 heavy (non-hydrogen) atoms. The van der Waals surface area contributed by atoms with Crippen molar-refractivity contribution < 1.29 is 0 Å². The Morgan fingerprint density at radius 2 is 1.45 bits per heavy atom. The third-order valence-corrected chi connectivity index (χ3v) is 3.42. The smallest absolute Gasteiger partial charge is 0.172 e. The highest BCUT2D eigenvalue weighted by atomic mass is 15.7. The van der Waals surface area contributed by atoms with Crippen molar-refractivity contribution in [3.8, 4) is 0 Å². The Morgan fingerprint density at radius 1 is 0.900 bits per heavy atom. The zero-order chi connectivity index (χ0) is 14.1. The van der Waals surface area contributed by atoms with E-state index in [4.69, 9.17) is 5.84 Å². The molecule has 0 atom stereocenters. The molecule has 0 spiro atoms. The number of anilines is 1. The normalized spacial score (nSPS) is 14.7. The molecule has 0 unspecified atom stereocenters. The van der Waals surface area contributed by atoms with Gasteiger partial charge in [-0.25, -0.2) is 10.9 Å². The molecule has 0 fully saturated rings. The van der Waals surface area contributed by atoms with Gasteiger partial charge in [0.25, 0.3) is 0 Å². The van der Waals surface area contributed by atoms with Crippen LogP contribution in [0.1, 0.15) is 16.7 Å². The quantitative estimate of drug-likeness (QED) is 0.850. The van der Waals surface area contributed by atoms with E-state index in [0.29, 0.717) is 6.67 Å². The van der Waals surface area contributed by atoms with E-state index >= 15 is 0 Å². The van der Waals surface area contributed by atoms with E-state index in [1.54, 1.807) is 5.01 Å². The van der Waals surface area contributed by atoms with Gasteiger partial charge in [0.15, 0.2) is 5.84 Å². The van der Waals surface area contributed by atoms with Crippen molar-refractivity contribution in [3.05, 3.63) is 65.2 Å². The number of nitrogens with zero attached hydrogens (tertiary/aromatic N) is 3. The maximum atomic E-state index is 6.07. The summed E-state index contributed by atoms with van der Waals surface area (Å²) in [5.74, 6) is 6.86. The lowest BCUT2D eigenvalue weighted by Crippen LogP contribution is -2.37. The van der Waals surface area contributed by atoms with Crippen LogP contribution in [0, 0.1) is 13.8 Å². The molecular formula is C16H18N4. The summed E-state index contributed by atoms with van der Waals surface area (Å²) < 4.78 is 0. The van der Waals surface area contributed by atoms with Gasteiger partial charge in [0.1, 0.15) is 6.67 Å². The van der Waals surface area contributed by atoms with Gasteiger partial charge < -0.3 is 0 Å². The Hall–Kier alpha value is -2.33. The second-order valence-corrected chi connectivity index (χ2v) is 5.14. The van der Waals surface area contributed by atoms with Gasteiger partial charge in [0.05, 0.1) is 5.69 Å². The van der Waals surface area contributed by atoms with Crippen molar-refractivity contribution >= 4 is 11.5 Å². The molecule has 2 N–H and O–H groups in total. The zero-order valence-corrected chi connectivity index (χ0v) is 11.7. The van der Waals surface area contributed by atoms with Crippen LogP contribution in [0.4, 0.5) is 5.69 Å². The van der Waals surface area contributed by atoms with Crippen LogP contribution < -0.4 is 10.9 Å². The number of hydrazine groups is 1. The van der Waals surface area contributed by atoms with E-state index in [2.05, 4.69) is 55.3 Å². The molecule has 0 aliphatic carbocycles. The minimum atomic E-state index is 0.562. The number of hydrogen-bond acceptors (Lipinski definition) is 4. The first-order chi connectivity index (χ1) is 9.63. The maximum Gasteiger partial charge on any atom is 0.172 e. The molecule has 1 heterocycles. The first-order valence-electron chi connectivity index (χ1n) is 6.65. The lowest BCUT2D eigenvalue weighted by molar-refractivity contribution is 0.472. The number of hydrogen-bond donors (Lipinski definition) is 1. The molecule has 2 aromatic carbocycles. The van der Waals surface area contributed by atoms with Gasteiger partial charge in [-0.05, 0) is 26.0 Å². The van der Waals surface area contributed by atoms with E-state index in [-0.39, 0.29) is 0 Å². The number of nitrogens with two attached hydrogens (primary N) is 1. The molecule has 1 aliphatic rings. The van der Waals surface area contributed by atoms with E-state index in [1.807, 2.05) is 17.1 Å². The monoisotopic (exact) mass is 266 g/mol. The van der Waals surface area contributed by atoms with Gasteiger partial charge in [-0.15, -0.1) is 0 Å². The van der Waals surface area contributed by atoms with Gasteiger partial charge in [0.2, 0.25) is 0 Å². The largest absolute Gasteiger partial charge is 0.271 e. The van der Waals surface area contributed by atoms with Crippen molar-refractivity contribution in [3.63, 3.8) is 0 Å². The lowest BCUT2D eigenvalue weighted by Gasteiger charge is -2.16. The van der Waals surface area contributed by atoms with Crippen LogP contribution in [0.25, 0.3) is 0 Å². The summed E-state index contributed by atoms with van der Waals surface area (Å²) in [5, 5.41) is 8.20. The predicted octanol–water partition coefficient (Wildman–Crippen LogP) is 2.62. The average molecular weight is 266 g/mol. The SMILES string of the molecule is Cc1ccc(C2=NN(c3ccc(C)cc3)CN2N)cc1. The topological polar surface area (TPSA) is 44.9 Å². The van der Waals surface area contributed by atoms with E-state index < -0.39 is 0 Å². The molecule has 0 bridgehead atoms. The maximum absolute atomic E-state index is 6.07. The van der Waals surface area contributed by atoms with Gasteiger partial charge in [-0.3, -0.25) is 5.01 Å². The van der Waals surface area contributed by atoms with Crippen LogP contribution >= 0.6 is 0 Å². The highest BCUT2D eigenvalue weighted by Crippen LogP contribution is 2.21. The molecule has 3 rings (SSSR count). The Balaban J connectivity index is 1.90. The van der Waals surface area contributed by atoms with Crippen LogP contribution in [0.3, 0.4) is 0 Å². The summed E-state index contributed by atoms with van der Waals surface area (Å²) in [6, 6.07) is 16.5. The summed E-state index contributed by atoms with van der Waals surface area (Å²) in [7, 11) is 0. The van der Waals surface area contributed by atoms with Crippen molar-refractivity contribution in [2.45, 2.75) is 13.8 Å². The Kier molecular flexibility index (Phi) is 3.16. The Bertz CT molecular complexity index is 629. The van der Waals surface area contributed by atoms with Gasteiger partial charge >= 0.3 is 0 Å². The van der Waals surface area contributed by atoms with Crippen molar-refractivity contribution in [2.24, 2.45) is 10.9 Å². The summed E-state index contributed by atoms with van der Waals surface area (Å²) in [5.41, 5.74) is 4.55. The zero-order valence-electron chi connectivity index (χ0n) is 11.7. The average Bonchev–Trinajstić information content (AvgIpc) is 2.82. The third-order valence-electron chi connectivity index (χ3n) is 3.42. The number of rotatable bonds is 2. The molecule has 4 heteroatoms. The molecule has 0 radical (unpaired) electrons. The standard InChI is InChI=1S/C16H18N4/c1-12-3-7-14(8-4-12)16-18-20(11-19(16)17)15-9-5-13(2)6-10-15/h3-10H,11,17H2,1-2H3. The summed E-state index contributed by atoms with van der Waals surface area (Å²) in [6.07, 6.45) is 0. The summed E-state index contributed by atoms with van der Waals surface area (Å²) in [6.45, 7) is 4.70. The van der Waals surface area contributed by atoms with E-state index in [0.717, 1.165) is 17.1 Å². The van der Waals surface area contributed by atoms with Crippen LogP contribution in [-0.2, 0) is 0 Å². The molecular weight excluding hydrogens is 248 g/mol. The first kappa shape index (κ1) is 12.7. The molecule has 102 valence electrons. The van der Waals surface area contributed by atoms with Crippen molar-refractivity contribution in [1.29, 1.82) is 0 Å². The van der Waals surface area contributed by atoms with Gasteiger partial charge in [-0.2, -0.15) is 5.10 Å². The van der Waals surface area contributed by atoms with E-state index in [9.17, 15) is 0 Å². The minimum absolute atomic E-state index is 0.562. The van der Waals surface area contributed by atoms with Crippen LogP contribution in [0.2, 0.25) is 0 Å². The molecule has 4 nitrogen and oxygen atoms in total. The van der Waals surface area contributed by atoms with Crippen LogP contribution in [-0.4, -0.2) is 17.5 Å². The first-order valence-corrected chi connectivity index (χ1v) is 6.65. The number of hydrazone groups is 1.